The lowest BCUT2D eigenvalue weighted by Gasteiger charge is -2.11. The van der Waals surface area contributed by atoms with E-state index in [4.69, 9.17) is 9.47 Å². The third-order valence-electron chi connectivity index (χ3n) is 3.16. The summed E-state index contributed by atoms with van der Waals surface area (Å²) in [5.74, 6) is 1.41. The van der Waals surface area contributed by atoms with E-state index in [2.05, 4.69) is 0 Å². The van der Waals surface area contributed by atoms with Crippen molar-refractivity contribution < 1.29 is 14.3 Å². The molecule has 23 heavy (non-hydrogen) atoms. The maximum Gasteiger partial charge on any atom is 0.161 e. The minimum Gasteiger partial charge on any atom is -0.493 e. The van der Waals surface area contributed by atoms with E-state index in [0.717, 1.165) is 11.1 Å². The number of hydrogen-bond acceptors (Lipinski definition) is 3. The van der Waals surface area contributed by atoms with Crippen LogP contribution < -0.4 is 9.47 Å². The van der Waals surface area contributed by atoms with E-state index in [1.54, 1.807) is 13.2 Å². The highest BCUT2D eigenvalue weighted by atomic mass is 16.5. The number of ketones is 1. The molecule has 2 aromatic rings. The normalized spacial score (nSPS) is 11.0. The van der Waals surface area contributed by atoms with Crippen molar-refractivity contribution >= 4 is 11.9 Å². The van der Waals surface area contributed by atoms with Gasteiger partial charge in [0.1, 0.15) is 6.61 Å². The first-order chi connectivity index (χ1) is 11.2. The fraction of sp³-hybridized carbons (Fsp3) is 0.150. The molecule has 2 rings (SSSR count). The molecule has 0 N–H and O–H groups in total. The van der Waals surface area contributed by atoms with Crippen LogP contribution in [0.5, 0.6) is 11.5 Å². The van der Waals surface area contributed by atoms with E-state index in [0.29, 0.717) is 18.1 Å². The van der Waals surface area contributed by atoms with Crippen LogP contribution in [0.2, 0.25) is 0 Å². The quantitative estimate of drug-likeness (QED) is 0.560. The Hall–Kier alpha value is -2.81. The molecule has 0 amide bonds. The SMILES string of the molecule is COc1cc(/C=C/C=C/C(C)=O)ccc1OCc1ccccc1. The van der Waals surface area contributed by atoms with E-state index in [-0.39, 0.29) is 5.78 Å². The topological polar surface area (TPSA) is 35.5 Å². The van der Waals surface area contributed by atoms with Gasteiger partial charge < -0.3 is 9.47 Å². The predicted octanol–water partition coefficient (Wildman–Crippen LogP) is 4.43. The van der Waals surface area contributed by atoms with Crippen LogP contribution in [0.3, 0.4) is 0 Å². The highest BCUT2D eigenvalue weighted by Gasteiger charge is 2.05. The van der Waals surface area contributed by atoms with Gasteiger partial charge in [-0.1, -0.05) is 54.6 Å². The summed E-state index contributed by atoms with van der Waals surface area (Å²) in [6, 6.07) is 15.7. The molecular formula is C20H20O3. The van der Waals surface area contributed by atoms with Crippen molar-refractivity contribution in [3.63, 3.8) is 0 Å². The molecule has 0 fully saturated rings. The molecule has 0 heterocycles. The van der Waals surface area contributed by atoms with E-state index in [1.807, 2.05) is 60.7 Å². The average molecular weight is 308 g/mol. The lowest BCUT2D eigenvalue weighted by atomic mass is 10.2. The van der Waals surface area contributed by atoms with Crippen molar-refractivity contribution in [2.24, 2.45) is 0 Å². The summed E-state index contributed by atoms with van der Waals surface area (Å²) in [7, 11) is 1.62. The molecule has 0 aliphatic rings. The maximum absolute atomic E-state index is 10.8. The van der Waals surface area contributed by atoms with Gasteiger partial charge in [0, 0.05) is 0 Å². The minimum absolute atomic E-state index is 0.0249. The molecule has 3 nitrogen and oxygen atoms in total. The van der Waals surface area contributed by atoms with Gasteiger partial charge >= 0.3 is 0 Å². The van der Waals surface area contributed by atoms with Crippen LogP contribution in [0, 0.1) is 0 Å². The van der Waals surface area contributed by atoms with Crippen LogP contribution in [0.4, 0.5) is 0 Å². The number of methoxy groups -OCH3 is 1. The second kappa shape index (κ2) is 8.59. The largest absolute Gasteiger partial charge is 0.493 e. The average Bonchev–Trinajstić information content (AvgIpc) is 2.58. The Balaban J connectivity index is 2.05. The van der Waals surface area contributed by atoms with Crippen LogP contribution in [-0.2, 0) is 11.4 Å². The molecular weight excluding hydrogens is 288 g/mol. The van der Waals surface area contributed by atoms with Crippen molar-refractivity contribution in [3.05, 3.63) is 77.9 Å². The molecule has 0 spiro atoms. The van der Waals surface area contributed by atoms with Crippen LogP contribution in [-0.4, -0.2) is 12.9 Å². The maximum atomic E-state index is 10.8. The Bertz CT molecular complexity index is 700. The monoisotopic (exact) mass is 308 g/mol. The zero-order valence-corrected chi connectivity index (χ0v) is 13.4. The van der Waals surface area contributed by atoms with E-state index < -0.39 is 0 Å². The van der Waals surface area contributed by atoms with Gasteiger partial charge in [0.05, 0.1) is 7.11 Å². The molecule has 3 heteroatoms. The summed E-state index contributed by atoms with van der Waals surface area (Å²) in [5.41, 5.74) is 2.08. The Kier molecular flexibility index (Phi) is 6.18. The van der Waals surface area contributed by atoms with Crippen molar-refractivity contribution in [2.45, 2.75) is 13.5 Å². The first-order valence-electron chi connectivity index (χ1n) is 7.39. The van der Waals surface area contributed by atoms with Crippen LogP contribution in [0.1, 0.15) is 18.1 Å². The zero-order chi connectivity index (χ0) is 16.5. The fourth-order valence-corrected chi connectivity index (χ4v) is 2.00. The standard InChI is InChI=1S/C20H20O3/c1-16(21)8-6-7-9-17-12-13-19(20(14-17)22-2)23-15-18-10-4-3-5-11-18/h3-14H,15H2,1-2H3/b8-6+,9-7+. The molecule has 0 saturated heterocycles. The third-order valence-corrected chi connectivity index (χ3v) is 3.16. The summed E-state index contributed by atoms with van der Waals surface area (Å²) in [4.78, 5) is 10.8. The molecule has 0 unspecified atom stereocenters. The highest BCUT2D eigenvalue weighted by Crippen LogP contribution is 2.29. The van der Waals surface area contributed by atoms with Crippen LogP contribution in [0.15, 0.2) is 66.8 Å². The summed E-state index contributed by atoms with van der Waals surface area (Å²) < 4.78 is 11.2. The van der Waals surface area contributed by atoms with Crippen molar-refractivity contribution in [1.82, 2.24) is 0 Å². The van der Waals surface area contributed by atoms with Gasteiger partial charge in [-0.25, -0.2) is 0 Å². The molecule has 0 atom stereocenters. The number of hydrogen-bond donors (Lipinski definition) is 0. The first kappa shape index (κ1) is 16.6. The second-order valence-corrected chi connectivity index (χ2v) is 5.01. The summed E-state index contributed by atoms with van der Waals surface area (Å²) in [6.45, 7) is 2.01. The smallest absolute Gasteiger partial charge is 0.161 e. The molecule has 0 bridgehead atoms. The molecule has 0 saturated carbocycles. The number of carbonyl (C=O) groups excluding carboxylic acids is 1. The Morgan fingerprint density at radius 2 is 1.83 bits per heavy atom. The first-order valence-corrected chi connectivity index (χ1v) is 7.39. The third kappa shape index (κ3) is 5.47. The van der Waals surface area contributed by atoms with Gasteiger partial charge in [-0.2, -0.15) is 0 Å². The van der Waals surface area contributed by atoms with Crippen molar-refractivity contribution in [2.75, 3.05) is 7.11 Å². The molecule has 118 valence electrons. The molecule has 0 radical (unpaired) electrons. The highest BCUT2D eigenvalue weighted by molar-refractivity contribution is 5.87. The van der Waals surface area contributed by atoms with Crippen molar-refractivity contribution in [1.29, 1.82) is 0 Å². The van der Waals surface area contributed by atoms with Crippen molar-refractivity contribution in [3.8, 4) is 11.5 Å². The number of rotatable bonds is 7. The van der Waals surface area contributed by atoms with Gasteiger partial charge in [-0.3, -0.25) is 4.79 Å². The number of allylic oxidation sites excluding steroid dienone is 3. The lowest BCUT2D eigenvalue weighted by molar-refractivity contribution is -0.112. The van der Waals surface area contributed by atoms with E-state index in [9.17, 15) is 4.79 Å². The van der Waals surface area contributed by atoms with Gasteiger partial charge in [0.25, 0.3) is 0 Å². The number of benzene rings is 2. The van der Waals surface area contributed by atoms with Crippen LogP contribution in [0.25, 0.3) is 6.08 Å². The zero-order valence-electron chi connectivity index (χ0n) is 13.4. The predicted molar refractivity (Wildman–Crippen MR) is 92.6 cm³/mol. The number of carbonyl (C=O) groups is 1. The number of ether oxygens (including phenoxy) is 2. The van der Waals surface area contributed by atoms with Gasteiger partial charge in [-0.15, -0.1) is 0 Å². The van der Waals surface area contributed by atoms with E-state index in [1.165, 1.54) is 13.0 Å². The molecule has 2 aromatic carbocycles. The minimum atomic E-state index is 0.0249. The summed E-state index contributed by atoms with van der Waals surface area (Å²) in [5, 5.41) is 0. The Morgan fingerprint density at radius 1 is 1.04 bits per heavy atom. The Labute approximate surface area is 136 Å². The second-order valence-electron chi connectivity index (χ2n) is 5.01. The lowest BCUT2D eigenvalue weighted by Crippen LogP contribution is -1.97. The fourth-order valence-electron chi connectivity index (χ4n) is 2.00. The Morgan fingerprint density at radius 3 is 2.52 bits per heavy atom. The van der Waals surface area contributed by atoms with Crippen LogP contribution >= 0.6 is 0 Å². The van der Waals surface area contributed by atoms with Gasteiger partial charge in [0.15, 0.2) is 17.3 Å². The molecule has 0 aromatic heterocycles. The summed E-state index contributed by atoms with van der Waals surface area (Å²) >= 11 is 0. The molecule has 0 aliphatic heterocycles. The molecule has 0 aliphatic carbocycles. The van der Waals surface area contributed by atoms with Gasteiger partial charge in [0.2, 0.25) is 0 Å². The summed E-state index contributed by atoms with van der Waals surface area (Å²) in [6.07, 6.45) is 6.96. The van der Waals surface area contributed by atoms with E-state index >= 15 is 0 Å². The van der Waals surface area contributed by atoms with Gasteiger partial charge in [-0.05, 0) is 36.3 Å².